The molecule has 4 rings (SSSR count). The molecule has 6 heteroatoms. The average Bonchev–Trinajstić information content (AvgIpc) is 2.84. The quantitative estimate of drug-likeness (QED) is 0.490. The molecule has 0 saturated heterocycles. The zero-order valence-corrected chi connectivity index (χ0v) is 21.2. The van der Waals surface area contributed by atoms with Crippen LogP contribution in [0, 0.1) is 13.8 Å². The van der Waals surface area contributed by atoms with Crippen molar-refractivity contribution in [3.8, 4) is 0 Å². The Balaban J connectivity index is 1.74. The van der Waals surface area contributed by atoms with E-state index in [2.05, 4.69) is 41.9 Å². The highest BCUT2D eigenvalue weighted by molar-refractivity contribution is 6.06. The molecule has 0 bridgehead atoms. The van der Waals surface area contributed by atoms with Gasteiger partial charge in [-0.25, -0.2) is 4.79 Å². The minimum absolute atomic E-state index is 0.106. The summed E-state index contributed by atoms with van der Waals surface area (Å²) < 4.78 is 0. The Bertz CT molecular complexity index is 1190. The van der Waals surface area contributed by atoms with Gasteiger partial charge < -0.3 is 10.0 Å². The number of aryl methyl sites for hydroxylation is 2. The fourth-order valence-corrected chi connectivity index (χ4v) is 5.09. The molecule has 0 radical (unpaired) electrons. The number of aromatic carboxylic acids is 1. The van der Waals surface area contributed by atoms with Crippen molar-refractivity contribution in [3.63, 3.8) is 0 Å². The first-order valence-electron chi connectivity index (χ1n) is 12.8. The van der Waals surface area contributed by atoms with Gasteiger partial charge in [0, 0.05) is 37.7 Å². The van der Waals surface area contributed by atoms with Gasteiger partial charge in [0.15, 0.2) is 0 Å². The van der Waals surface area contributed by atoms with Gasteiger partial charge in [-0.05, 0) is 74.7 Å². The summed E-state index contributed by atoms with van der Waals surface area (Å²) in [6.45, 7) is 7.08. The van der Waals surface area contributed by atoms with E-state index in [0.29, 0.717) is 18.7 Å². The zero-order valence-electron chi connectivity index (χ0n) is 21.2. The maximum absolute atomic E-state index is 13.6. The Morgan fingerprint density at radius 3 is 2.31 bits per heavy atom. The van der Waals surface area contributed by atoms with Crippen LogP contribution in [0.4, 0.5) is 5.69 Å². The van der Waals surface area contributed by atoms with E-state index in [0.717, 1.165) is 56.4 Å². The summed E-state index contributed by atoms with van der Waals surface area (Å²) in [6.07, 6.45) is 8.58. The van der Waals surface area contributed by atoms with Gasteiger partial charge in [0.2, 0.25) is 0 Å². The van der Waals surface area contributed by atoms with Crippen LogP contribution in [0.5, 0.6) is 0 Å². The summed E-state index contributed by atoms with van der Waals surface area (Å²) in [6, 6.07) is 15.3. The number of carbonyl (C=O) groups excluding carboxylic acids is 1. The molecule has 1 aliphatic heterocycles. The SMILES string of the molecule is Cc1cc(C)cc(CN2CCCCCCCN(C(=O)c3cccnc3)c3ccc(C(=O)O)cc3C2)c1. The van der Waals surface area contributed by atoms with E-state index in [1.54, 1.807) is 42.7 Å². The summed E-state index contributed by atoms with van der Waals surface area (Å²) in [5.74, 6) is -1.07. The molecule has 0 unspecified atom stereocenters. The van der Waals surface area contributed by atoms with Gasteiger partial charge in [0.25, 0.3) is 5.91 Å². The molecule has 1 N–H and O–H groups in total. The van der Waals surface area contributed by atoms with Crippen molar-refractivity contribution >= 4 is 17.6 Å². The van der Waals surface area contributed by atoms with Crippen molar-refractivity contribution in [1.29, 1.82) is 0 Å². The Morgan fingerprint density at radius 1 is 0.889 bits per heavy atom. The number of amides is 1. The third kappa shape index (κ3) is 6.58. The maximum Gasteiger partial charge on any atom is 0.335 e. The van der Waals surface area contributed by atoms with Gasteiger partial charge >= 0.3 is 5.97 Å². The summed E-state index contributed by atoms with van der Waals surface area (Å²) in [4.78, 5) is 33.8. The molecule has 2 heterocycles. The Morgan fingerprint density at radius 2 is 1.61 bits per heavy atom. The van der Waals surface area contributed by atoms with E-state index in [-0.39, 0.29) is 11.5 Å². The number of pyridine rings is 1. The lowest BCUT2D eigenvalue weighted by Crippen LogP contribution is -2.34. The molecule has 1 aliphatic rings. The number of carboxylic acids is 1. The van der Waals surface area contributed by atoms with E-state index in [1.807, 2.05) is 4.90 Å². The van der Waals surface area contributed by atoms with Gasteiger partial charge in [-0.15, -0.1) is 0 Å². The van der Waals surface area contributed by atoms with Crippen LogP contribution in [-0.2, 0) is 13.1 Å². The number of hydrogen-bond donors (Lipinski definition) is 1. The van der Waals surface area contributed by atoms with Crippen molar-refractivity contribution in [2.45, 2.75) is 59.0 Å². The largest absolute Gasteiger partial charge is 0.478 e. The highest BCUT2D eigenvalue weighted by Crippen LogP contribution is 2.28. The van der Waals surface area contributed by atoms with Crippen molar-refractivity contribution in [1.82, 2.24) is 9.88 Å². The Labute approximate surface area is 213 Å². The van der Waals surface area contributed by atoms with Crippen LogP contribution >= 0.6 is 0 Å². The van der Waals surface area contributed by atoms with Gasteiger partial charge in [-0.1, -0.05) is 48.6 Å². The van der Waals surface area contributed by atoms with Crippen molar-refractivity contribution < 1.29 is 14.7 Å². The third-order valence-electron chi connectivity index (χ3n) is 6.71. The lowest BCUT2D eigenvalue weighted by Gasteiger charge is -2.30. The van der Waals surface area contributed by atoms with Crippen molar-refractivity contribution in [2.24, 2.45) is 0 Å². The van der Waals surface area contributed by atoms with Gasteiger partial charge in [-0.3, -0.25) is 14.7 Å². The fraction of sp³-hybridized carbons (Fsp3) is 0.367. The lowest BCUT2D eigenvalue weighted by molar-refractivity contribution is 0.0696. The molecule has 0 fully saturated rings. The average molecular weight is 486 g/mol. The molecule has 1 amide bonds. The number of aromatic nitrogens is 1. The molecule has 188 valence electrons. The summed E-state index contributed by atoms with van der Waals surface area (Å²) >= 11 is 0. The number of nitrogens with zero attached hydrogens (tertiary/aromatic N) is 3. The molecule has 2 aromatic carbocycles. The van der Waals surface area contributed by atoms with Crippen molar-refractivity contribution in [2.75, 3.05) is 18.0 Å². The lowest BCUT2D eigenvalue weighted by atomic mass is 10.0. The van der Waals surface area contributed by atoms with Crippen LogP contribution in [0.3, 0.4) is 0 Å². The second kappa shape index (κ2) is 12.0. The van der Waals surface area contributed by atoms with E-state index in [4.69, 9.17) is 0 Å². The van der Waals surface area contributed by atoms with Crippen LogP contribution in [0.1, 0.15) is 75.1 Å². The summed E-state index contributed by atoms with van der Waals surface area (Å²) in [7, 11) is 0. The molecule has 1 aromatic heterocycles. The Kier molecular flexibility index (Phi) is 8.49. The first kappa shape index (κ1) is 25.6. The number of benzene rings is 2. The van der Waals surface area contributed by atoms with E-state index >= 15 is 0 Å². The molecule has 0 saturated carbocycles. The second-order valence-corrected chi connectivity index (χ2v) is 9.82. The highest BCUT2D eigenvalue weighted by atomic mass is 16.4. The second-order valence-electron chi connectivity index (χ2n) is 9.82. The predicted molar refractivity (Wildman–Crippen MR) is 142 cm³/mol. The minimum Gasteiger partial charge on any atom is -0.478 e. The molecule has 0 atom stereocenters. The molecular weight excluding hydrogens is 450 g/mol. The van der Waals surface area contributed by atoms with Crippen LogP contribution < -0.4 is 4.90 Å². The molecule has 0 aliphatic carbocycles. The number of carbonyl (C=O) groups is 2. The monoisotopic (exact) mass is 485 g/mol. The van der Waals surface area contributed by atoms with Crippen LogP contribution in [0.15, 0.2) is 60.9 Å². The zero-order chi connectivity index (χ0) is 25.5. The first-order valence-corrected chi connectivity index (χ1v) is 12.8. The molecule has 3 aromatic rings. The van der Waals surface area contributed by atoms with Crippen LogP contribution in [0.2, 0.25) is 0 Å². The molecule has 36 heavy (non-hydrogen) atoms. The van der Waals surface area contributed by atoms with Gasteiger partial charge in [0.05, 0.1) is 11.1 Å². The number of hydrogen-bond acceptors (Lipinski definition) is 4. The highest BCUT2D eigenvalue weighted by Gasteiger charge is 2.23. The smallest absolute Gasteiger partial charge is 0.335 e. The molecular formula is C30H35N3O3. The maximum atomic E-state index is 13.6. The molecule has 0 spiro atoms. The topological polar surface area (TPSA) is 73.7 Å². The van der Waals surface area contributed by atoms with E-state index in [1.165, 1.54) is 16.7 Å². The van der Waals surface area contributed by atoms with Gasteiger partial charge in [-0.2, -0.15) is 0 Å². The van der Waals surface area contributed by atoms with E-state index in [9.17, 15) is 14.7 Å². The number of rotatable bonds is 4. The normalized spacial score (nSPS) is 15.4. The fourth-order valence-electron chi connectivity index (χ4n) is 5.09. The van der Waals surface area contributed by atoms with Crippen molar-refractivity contribution in [3.05, 3.63) is 94.3 Å². The number of carboxylic acid groups (broad SMARTS) is 1. The first-order chi connectivity index (χ1) is 17.4. The Hall–Kier alpha value is -3.51. The minimum atomic E-state index is -0.963. The number of anilines is 1. The van der Waals surface area contributed by atoms with Gasteiger partial charge in [0.1, 0.15) is 0 Å². The van der Waals surface area contributed by atoms with E-state index < -0.39 is 5.97 Å². The van der Waals surface area contributed by atoms with Crippen LogP contribution in [-0.4, -0.2) is 40.0 Å². The summed E-state index contributed by atoms with van der Waals surface area (Å²) in [5, 5.41) is 9.71. The molecule has 6 nitrogen and oxygen atoms in total. The van der Waals surface area contributed by atoms with Crippen LogP contribution in [0.25, 0.3) is 0 Å². The summed E-state index contributed by atoms with van der Waals surface area (Å²) in [5.41, 5.74) is 6.13. The number of fused-ring (bicyclic) bond motifs is 1. The third-order valence-corrected chi connectivity index (χ3v) is 6.71. The standard InChI is InChI=1S/C30H35N3O3/c1-22-15-23(2)17-24(16-22)20-32-13-6-4-3-5-7-14-33(29(34)26-9-8-12-31-19-26)28-11-10-25(30(35)36)18-27(28)21-32/h8-12,15-19H,3-7,13-14,20-21H2,1-2H3,(H,35,36). The predicted octanol–water partition coefficient (Wildman–Crippen LogP) is 6.01.